The highest BCUT2D eigenvalue weighted by Gasteiger charge is 2.19. The minimum atomic E-state index is -1.03. The van der Waals surface area contributed by atoms with Crippen molar-refractivity contribution in [3.05, 3.63) is 35.1 Å². The predicted octanol–water partition coefficient (Wildman–Crippen LogP) is 2.82. The van der Waals surface area contributed by atoms with Gasteiger partial charge in [-0.05, 0) is 29.2 Å². The minimum absolute atomic E-state index is 0.122. The van der Waals surface area contributed by atoms with E-state index in [-0.39, 0.29) is 16.8 Å². The maximum atomic E-state index is 13.3. The Balaban J connectivity index is 3.29. The van der Waals surface area contributed by atoms with Gasteiger partial charge in [0.1, 0.15) is 5.82 Å². The van der Waals surface area contributed by atoms with Crippen LogP contribution >= 0.6 is 0 Å². The van der Waals surface area contributed by atoms with Crippen LogP contribution in [0.25, 0.3) is 0 Å². The molecule has 0 aliphatic heterocycles. The van der Waals surface area contributed by atoms with Crippen LogP contribution in [0.2, 0.25) is 0 Å². The molecule has 1 aromatic carbocycles. The Morgan fingerprint density at radius 3 is 2.36 bits per heavy atom. The van der Waals surface area contributed by atoms with E-state index in [1.54, 1.807) is 0 Å². The zero-order valence-corrected chi connectivity index (χ0v) is 8.47. The summed E-state index contributed by atoms with van der Waals surface area (Å²) in [5, 5.41) is 8.74. The molecule has 1 aromatic rings. The third-order valence-electron chi connectivity index (χ3n) is 2.02. The Labute approximate surface area is 82.4 Å². The van der Waals surface area contributed by atoms with Crippen molar-refractivity contribution in [1.82, 2.24) is 0 Å². The normalized spacial score (nSPS) is 11.4. The van der Waals surface area contributed by atoms with Crippen LogP contribution < -0.4 is 0 Å². The number of carboxylic acids is 1. The molecule has 0 fully saturated rings. The van der Waals surface area contributed by atoms with Crippen LogP contribution in [-0.2, 0) is 5.41 Å². The molecule has 0 amide bonds. The molecule has 0 saturated heterocycles. The van der Waals surface area contributed by atoms with Crippen LogP contribution in [0.3, 0.4) is 0 Å². The van der Waals surface area contributed by atoms with Gasteiger partial charge in [0.2, 0.25) is 0 Å². The summed E-state index contributed by atoms with van der Waals surface area (Å²) in [7, 11) is 0. The summed E-state index contributed by atoms with van der Waals surface area (Å²) in [4.78, 5) is 10.7. The van der Waals surface area contributed by atoms with Crippen molar-refractivity contribution in [1.29, 1.82) is 0 Å². The first-order valence-corrected chi connectivity index (χ1v) is 4.35. The van der Waals surface area contributed by atoms with Gasteiger partial charge in [-0.15, -0.1) is 0 Å². The van der Waals surface area contributed by atoms with Gasteiger partial charge in [-0.1, -0.05) is 20.8 Å². The molecule has 1 rings (SSSR count). The second-order valence-electron chi connectivity index (χ2n) is 4.25. The van der Waals surface area contributed by atoms with E-state index in [2.05, 4.69) is 0 Å². The molecule has 0 unspecified atom stereocenters. The summed E-state index contributed by atoms with van der Waals surface area (Å²) < 4.78 is 13.3. The van der Waals surface area contributed by atoms with Crippen molar-refractivity contribution in [3.63, 3.8) is 0 Å². The Hall–Kier alpha value is -1.38. The number of hydrogen-bond donors (Lipinski definition) is 1. The van der Waals surface area contributed by atoms with Gasteiger partial charge in [-0.25, -0.2) is 9.18 Å². The lowest BCUT2D eigenvalue weighted by molar-refractivity contribution is 0.0696. The van der Waals surface area contributed by atoms with Crippen molar-refractivity contribution in [2.24, 2.45) is 0 Å². The third kappa shape index (κ3) is 2.10. The monoisotopic (exact) mass is 196 g/mol. The first-order valence-electron chi connectivity index (χ1n) is 4.35. The molecule has 0 aliphatic rings. The molecule has 0 bridgehead atoms. The number of hydrogen-bond acceptors (Lipinski definition) is 1. The molecule has 3 heteroatoms. The molecule has 0 radical (unpaired) electrons. The molecule has 76 valence electrons. The number of halogens is 1. The molecular formula is C11H13FO2. The molecule has 0 atom stereocenters. The quantitative estimate of drug-likeness (QED) is 0.749. The number of carboxylic acid groups (broad SMARTS) is 1. The van der Waals surface area contributed by atoms with E-state index >= 15 is 0 Å². The highest BCUT2D eigenvalue weighted by atomic mass is 19.1. The molecular weight excluding hydrogens is 183 g/mol. The first-order chi connectivity index (χ1) is 6.32. The molecule has 14 heavy (non-hydrogen) atoms. The van der Waals surface area contributed by atoms with E-state index in [0.717, 1.165) is 0 Å². The second-order valence-corrected chi connectivity index (χ2v) is 4.25. The van der Waals surface area contributed by atoms with E-state index < -0.39 is 5.97 Å². The van der Waals surface area contributed by atoms with Crippen LogP contribution in [0.1, 0.15) is 36.7 Å². The Morgan fingerprint density at radius 2 is 1.93 bits per heavy atom. The zero-order valence-electron chi connectivity index (χ0n) is 8.47. The lowest BCUT2D eigenvalue weighted by atomic mass is 9.86. The summed E-state index contributed by atoms with van der Waals surface area (Å²) in [6, 6.07) is 3.86. The summed E-state index contributed by atoms with van der Waals surface area (Å²) >= 11 is 0. The molecule has 0 aromatic heterocycles. The van der Waals surface area contributed by atoms with Gasteiger partial charge in [0.15, 0.2) is 0 Å². The van der Waals surface area contributed by atoms with Gasteiger partial charge in [0, 0.05) is 0 Å². The lowest BCUT2D eigenvalue weighted by Gasteiger charge is -2.19. The predicted molar refractivity (Wildman–Crippen MR) is 52.1 cm³/mol. The Bertz CT molecular complexity index is 364. The molecule has 0 aliphatic carbocycles. The van der Waals surface area contributed by atoms with Crippen molar-refractivity contribution < 1.29 is 14.3 Å². The van der Waals surface area contributed by atoms with Gasteiger partial charge < -0.3 is 5.11 Å². The number of aromatic carboxylic acids is 1. The SMILES string of the molecule is CC(C)(C)c1cc(C(=O)O)ccc1F. The van der Waals surface area contributed by atoms with Crippen LogP contribution in [0.15, 0.2) is 18.2 Å². The van der Waals surface area contributed by atoms with E-state index in [1.807, 2.05) is 20.8 Å². The van der Waals surface area contributed by atoms with E-state index in [4.69, 9.17) is 5.11 Å². The topological polar surface area (TPSA) is 37.3 Å². The van der Waals surface area contributed by atoms with Gasteiger partial charge in [-0.3, -0.25) is 0 Å². The van der Waals surface area contributed by atoms with Gasteiger partial charge in [-0.2, -0.15) is 0 Å². The standard InChI is InChI=1S/C11H13FO2/c1-11(2,3)8-6-7(10(13)14)4-5-9(8)12/h4-6H,1-3H3,(H,13,14). The smallest absolute Gasteiger partial charge is 0.335 e. The van der Waals surface area contributed by atoms with E-state index in [0.29, 0.717) is 5.56 Å². The summed E-state index contributed by atoms with van der Waals surface area (Å²) in [6.07, 6.45) is 0. The fraction of sp³-hybridized carbons (Fsp3) is 0.364. The Kier molecular flexibility index (Phi) is 2.60. The fourth-order valence-corrected chi connectivity index (χ4v) is 1.23. The molecule has 0 spiro atoms. The summed E-state index contributed by atoms with van der Waals surface area (Å²) in [5.41, 5.74) is 0.170. The second kappa shape index (κ2) is 3.40. The molecule has 1 N–H and O–H groups in total. The minimum Gasteiger partial charge on any atom is -0.478 e. The fourth-order valence-electron chi connectivity index (χ4n) is 1.23. The van der Waals surface area contributed by atoms with Gasteiger partial charge in [0.05, 0.1) is 5.56 Å². The summed E-state index contributed by atoms with van der Waals surface area (Å²) in [6.45, 7) is 5.53. The Morgan fingerprint density at radius 1 is 1.36 bits per heavy atom. The first kappa shape index (κ1) is 10.7. The van der Waals surface area contributed by atoms with E-state index in [1.165, 1.54) is 18.2 Å². The zero-order chi connectivity index (χ0) is 10.9. The summed E-state index contributed by atoms with van der Waals surface area (Å²) in [5.74, 6) is -1.39. The molecule has 2 nitrogen and oxygen atoms in total. The van der Waals surface area contributed by atoms with Crippen LogP contribution in [0.4, 0.5) is 4.39 Å². The maximum Gasteiger partial charge on any atom is 0.335 e. The van der Waals surface area contributed by atoms with Crippen LogP contribution in [0.5, 0.6) is 0 Å². The highest BCUT2D eigenvalue weighted by molar-refractivity contribution is 5.87. The number of carbonyl (C=O) groups is 1. The van der Waals surface area contributed by atoms with Gasteiger partial charge >= 0.3 is 5.97 Å². The van der Waals surface area contributed by atoms with Crippen molar-refractivity contribution in [3.8, 4) is 0 Å². The lowest BCUT2D eigenvalue weighted by Crippen LogP contribution is -2.14. The molecule has 0 heterocycles. The van der Waals surface area contributed by atoms with Crippen molar-refractivity contribution >= 4 is 5.97 Å². The average Bonchev–Trinajstić information content (AvgIpc) is 2.02. The van der Waals surface area contributed by atoms with Crippen LogP contribution in [-0.4, -0.2) is 11.1 Å². The van der Waals surface area contributed by atoms with Crippen molar-refractivity contribution in [2.45, 2.75) is 26.2 Å². The molecule has 0 saturated carbocycles. The number of benzene rings is 1. The van der Waals surface area contributed by atoms with Crippen molar-refractivity contribution in [2.75, 3.05) is 0 Å². The highest BCUT2D eigenvalue weighted by Crippen LogP contribution is 2.25. The average molecular weight is 196 g/mol. The number of rotatable bonds is 1. The van der Waals surface area contributed by atoms with Gasteiger partial charge in [0.25, 0.3) is 0 Å². The maximum absolute atomic E-state index is 13.3. The van der Waals surface area contributed by atoms with Crippen LogP contribution in [0, 0.1) is 5.82 Å². The largest absolute Gasteiger partial charge is 0.478 e. The van der Waals surface area contributed by atoms with E-state index in [9.17, 15) is 9.18 Å². The third-order valence-corrected chi connectivity index (χ3v) is 2.02.